The highest BCUT2D eigenvalue weighted by Crippen LogP contribution is 2.40. The summed E-state index contributed by atoms with van der Waals surface area (Å²) in [5.74, 6) is 2.50. The Morgan fingerprint density at radius 3 is 2.85 bits per heavy atom. The van der Waals surface area contributed by atoms with Gasteiger partial charge < -0.3 is 14.6 Å². The molecule has 3 aromatic rings. The number of benzene rings is 2. The second kappa shape index (κ2) is 6.83. The lowest BCUT2D eigenvalue weighted by atomic mass is 10.1. The third-order valence-electron chi connectivity index (χ3n) is 4.99. The third kappa shape index (κ3) is 3.17. The van der Waals surface area contributed by atoms with E-state index >= 15 is 0 Å². The number of hydrogen-bond acceptors (Lipinski definition) is 3. The van der Waals surface area contributed by atoms with E-state index in [2.05, 4.69) is 16.9 Å². The normalized spacial score (nSPS) is 13.8. The number of aryl methyl sites for hydroxylation is 1. The lowest BCUT2D eigenvalue weighted by molar-refractivity contribution is 0.0954. The number of rotatable bonds is 6. The van der Waals surface area contributed by atoms with Gasteiger partial charge in [0, 0.05) is 25.1 Å². The minimum atomic E-state index is -0.0691. The number of para-hydroxylation sites is 1. The van der Waals surface area contributed by atoms with Crippen molar-refractivity contribution in [3.8, 4) is 5.75 Å². The van der Waals surface area contributed by atoms with E-state index in [0.29, 0.717) is 18.0 Å². The second-order valence-corrected chi connectivity index (χ2v) is 6.82. The molecule has 1 aromatic heterocycles. The Morgan fingerprint density at radius 1 is 1.27 bits per heavy atom. The van der Waals surface area contributed by atoms with Crippen LogP contribution in [-0.2, 0) is 13.5 Å². The van der Waals surface area contributed by atoms with Crippen molar-refractivity contribution in [2.45, 2.75) is 25.2 Å². The van der Waals surface area contributed by atoms with Crippen molar-refractivity contribution < 1.29 is 9.53 Å². The molecule has 1 heterocycles. The van der Waals surface area contributed by atoms with Gasteiger partial charge in [-0.2, -0.15) is 0 Å². The lowest BCUT2D eigenvalue weighted by Crippen LogP contribution is -2.25. The molecule has 4 rings (SSSR count). The van der Waals surface area contributed by atoms with E-state index < -0.39 is 0 Å². The molecule has 0 spiro atoms. The van der Waals surface area contributed by atoms with Gasteiger partial charge in [-0.1, -0.05) is 18.2 Å². The number of ether oxygens (including phenoxy) is 1. The molecule has 0 saturated heterocycles. The molecule has 1 saturated carbocycles. The van der Waals surface area contributed by atoms with E-state index in [-0.39, 0.29) is 5.91 Å². The smallest absolute Gasteiger partial charge is 0.251 e. The zero-order chi connectivity index (χ0) is 18.1. The van der Waals surface area contributed by atoms with Crippen LogP contribution in [0.2, 0.25) is 0 Å². The summed E-state index contributed by atoms with van der Waals surface area (Å²) in [4.78, 5) is 17.2. The molecule has 1 fully saturated rings. The molecule has 1 aliphatic rings. The maximum atomic E-state index is 12.5. The topological polar surface area (TPSA) is 56.1 Å². The van der Waals surface area contributed by atoms with Crippen molar-refractivity contribution in [3.05, 3.63) is 59.4 Å². The van der Waals surface area contributed by atoms with Crippen LogP contribution in [0.5, 0.6) is 5.75 Å². The van der Waals surface area contributed by atoms with E-state index in [1.165, 1.54) is 12.8 Å². The molecule has 1 aliphatic carbocycles. The van der Waals surface area contributed by atoms with Crippen LogP contribution in [0.1, 0.15) is 40.5 Å². The first-order valence-electron chi connectivity index (χ1n) is 9.04. The van der Waals surface area contributed by atoms with Crippen LogP contribution in [0, 0.1) is 0 Å². The summed E-state index contributed by atoms with van der Waals surface area (Å²) >= 11 is 0. The number of methoxy groups -OCH3 is 1. The summed E-state index contributed by atoms with van der Waals surface area (Å²) in [6.45, 7) is 0.562. The molecule has 5 heteroatoms. The standard InChI is InChI=1S/C21H23N3O2/c1-24-18-10-9-16(13-17(18)23-20(24)15-7-8-15)21(25)22-12-11-14-5-3-4-6-19(14)26-2/h3-6,9-10,13,15H,7-8,11-12H2,1-2H3,(H,22,25). The van der Waals surface area contributed by atoms with E-state index in [0.717, 1.165) is 34.6 Å². The molecule has 1 amide bonds. The van der Waals surface area contributed by atoms with Crippen molar-refractivity contribution in [3.63, 3.8) is 0 Å². The number of imidazole rings is 1. The number of fused-ring (bicyclic) bond motifs is 1. The van der Waals surface area contributed by atoms with Gasteiger partial charge in [0.05, 0.1) is 18.1 Å². The zero-order valence-electron chi connectivity index (χ0n) is 15.2. The Hall–Kier alpha value is -2.82. The Kier molecular flexibility index (Phi) is 4.37. The fraction of sp³-hybridized carbons (Fsp3) is 0.333. The van der Waals surface area contributed by atoms with Crippen molar-refractivity contribution in [2.75, 3.05) is 13.7 Å². The molecule has 0 unspecified atom stereocenters. The molecule has 5 nitrogen and oxygen atoms in total. The summed E-state index contributed by atoms with van der Waals surface area (Å²) in [7, 11) is 3.71. The highest BCUT2D eigenvalue weighted by molar-refractivity contribution is 5.97. The Labute approximate surface area is 153 Å². The van der Waals surface area contributed by atoms with Crippen LogP contribution in [0.4, 0.5) is 0 Å². The number of carbonyl (C=O) groups excluding carboxylic acids is 1. The van der Waals surface area contributed by atoms with Gasteiger partial charge in [0.1, 0.15) is 11.6 Å². The Bertz CT molecular complexity index is 957. The van der Waals surface area contributed by atoms with Crippen LogP contribution >= 0.6 is 0 Å². The van der Waals surface area contributed by atoms with Gasteiger partial charge in [-0.05, 0) is 49.1 Å². The van der Waals surface area contributed by atoms with Gasteiger partial charge in [0.25, 0.3) is 5.91 Å². The van der Waals surface area contributed by atoms with E-state index in [1.807, 2.05) is 42.5 Å². The second-order valence-electron chi connectivity index (χ2n) is 6.82. The molecule has 0 radical (unpaired) electrons. The summed E-state index contributed by atoms with van der Waals surface area (Å²) in [6.07, 6.45) is 3.16. The first kappa shape index (κ1) is 16.6. The van der Waals surface area contributed by atoms with Crippen molar-refractivity contribution in [1.82, 2.24) is 14.9 Å². The van der Waals surface area contributed by atoms with Crippen LogP contribution in [-0.4, -0.2) is 29.1 Å². The van der Waals surface area contributed by atoms with E-state index in [4.69, 9.17) is 9.72 Å². The van der Waals surface area contributed by atoms with Crippen molar-refractivity contribution in [2.24, 2.45) is 7.05 Å². The van der Waals surface area contributed by atoms with E-state index in [1.54, 1.807) is 7.11 Å². The molecule has 26 heavy (non-hydrogen) atoms. The number of nitrogens with zero attached hydrogens (tertiary/aromatic N) is 2. The lowest BCUT2D eigenvalue weighted by Gasteiger charge is -2.09. The fourth-order valence-corrected chi connectivity index (χ4v) is 3.39. The van der Waals surface area contributed by atoms with Gasteiger partial charge >= 0.3 is 0 Å². The summed E-state index contributed by atoms with van der Waals surface area (Å²) in [5, 5.41) is 2.99. The monoisotopic (exact) mass is 349 g/mol. The van der Waals surface area contributed by atoms with Gasteiger partial charge in [0.15, 0.2) is 0 Å². The van der Waals surface area contributed by atoms with Crippen LogP contribution in [0.3, 0.4) is 0 Å². The van der Waals surface area contributed by atoms with Crippen LogP contribution in [0.25, 0.3) is 11.0 Å². The van der Waals surface area contributed by atoms with Gasteiger partial charge in [-0.3, -0.25) is 4.79 Å². The molecule has 1 N–H and O–H groups in total. The summed E-state index contributed by atoms with van der Waals surface area (Å²) in [6, 6.07) is 13.6. The minimum Gasteiger partial charge on any atom is -0.496 e. The number of carbonyl (C=O) groups is 1. The number of aromatic nitrogens is 2. The molecule has 0 bridgehead atoms. The molecule has 2 aromatic carbocycles. The quantitative estimate of drug-likeness (QED) is 0.742. The van der Waals surface area contributed by atoms with E-state index in [9.17, 15) is 4.79 Å². The molecule has 0 atom stereocenters. The summed E-state index contributed by atoms with van der Waals surface area (Å²) in [5.41, 5.74) is 3.71. The Morgan fingerprint density at radius 2 is 2.08 bits per heavy atom. The fourth-order valence-electron chi connectivity index (χ4n) is 3.39. The van der Waals surface area contributed by atoms with Crippen LogP contribution in [0.15, 0.2) is 42.5 Å². The maximum absolute atomic E-state index is 12.5. The average Bonchev–Trinajstić information content (AvgIpc) is 3.46. The predicted molar refractivity (Wildman–Crippen MR) is 102 cm³/mol. The molecule has 134 valence electrons. The first-order valence-corrected chi connectivity index (χ1v) is 9.04. The summed E-state index contributed by atoms with van der Waals surface area (Å²) < 4.78 is 7.50. The average molecular weight is 349 g/mol. The molecule has 0 aliphatic heterocycles. The predicted octanol–water partition coefficient (Wildman–Crippen LogP) is 3.43. The molecular weight excluding hydrogens is 326 g/mol. The maximum Gasteiger partial charge on any atom is 0.251 e. The third-order valence-corrected chi connectivity index (χ3v) is 4.99. The van der Waals surface area contributed by atoms with Gasteiger partial charge in [-0.25, -0.2) is 4.98 Å². The number of hydrogen-bond donors (Lipinski definition) is 1. The van der Waals surface area contributed by atoms with Crippen molar-refractivity contribution in [1.29, 1.82) is 0 Å². The van der Waals surface area contributed by atoms with Gasteiger partial charge in [0.2, 0.25) is 0 Å². The van der Waals surface area contributed by atoms with Crippen LogP contribution < -0.4 is 10.1 Å². The number of amides is 1. The highest BCUT2D eigenvalue weighted by Gasteiger charge is 2.28. The Balaban J connectivity index is 1.44. The largest absolute Gasteiger partial charge is 0.496 e. The van der Waals surface area contributed by atoms with Gasteiger partial charge in [-0.15, -0.1) is 0 Å². The highest BCUT2D eigenvalue weighted by atomic mass is 16.5. The first-order chi connectivity index (χ1) is 12.7. The van der Waals surface area contributed by atoms with Crippen molar-refractivity contribution >= 4 is 16.9 Å². The molecular formula is C21H23N3O2. The SMILES string of the molecule is COc1ccccc1CCNC(=O)c1ccc2c(c1)nc(C1CC1)n2C. The zero-order valence-corrected chi connectivity index (χ0v) is 15.2. The minimum absolute atomic E-state index is 0.0691. The number of nitrogens with one attached hydrogen (secondary N) is 1.